The van der Waals surface area contributed by atoms with Gasteiger partial charge in [0.1, 0.15) is 0 Å². The van der Waals surface area contributed by atoms with Crippen LogP contribution in [-0.2, 0) is 9.47 Å². The molecule has 15 heavy (non-hydrogen) atoms. The lowest BCUT2D eigenvalue weighted by atomic mass is 9.83. The number of terminal acetylenes is 1. The van der Waals surface area contributed by atoms with Gasteiger partial charge in [0.15, 0.2) is 0 Å². The third-order valence-corrected chi connectivity index (χ3v) is 3.31. The maximum atomic E-state index is 5.72. The van der Waals surface area contributed by atoms with E-state index in [1.165, 1.54) is 0 Å². The van der Waals surface area contributed by atoms with Crippen LogP contribution in [-0.4, -0.2) is 39.0 Å². The first-order valence-corrected chi connectivity index (χ1v) is 5.52. The van der Waals surface area contributed by atoms with Crippen molar-refractivity contribution in [2.75, 3.05) is 27.4 Å². The summed E-state index contributed by atoms with van der Waals surface area (Å²) in [6.07, 6.45) is 8.94. The third-order valence-electron chi connectivity index (χ3n) is 3.31. The summed E-state index contributed by atoms with van der Waals surface area (Å²) in [7, 11) is 3.75. The second-order valence-corrected chi connectivity index (χ2v) is 3.97. The predicted octanol–water partition coefficient (Wildman–Crippen LogP) is 1.18. The van der Waals surface area contributed by atoms with Crippen molar-refractivity contribution in [1.82, 2.24) is 5.32 Å². The maximum absolute atomic E-state index is 5.72. The second kappa shape index (κ2) is 6.12. The van der Waals surface area contributed by atoms with E-state index in [0.717, 1.165) is 38.9 Å². The van der Waals surface area contributed by atoms with Gasteiger partial charge in [0.25, 0.3) is 0 Å². The van der Waals surface area contributed by atoms with E-state index in [9.17, 15) is 0 Å². The Kier molecular flexibility index (Phi) is 5.10. The number of hydrogen-bond acceptors (Lipinski definition) is 3. The Hall–Kier alpha value is -0.560. The molecule has 0 aromatic rings. The zero-order chi connectivity index (χ0) is 11.1. The van der Waals surface area contributed by atoms with Crippen LogP contribution < -0.4 is 5.32 Å². The van der Waals surface area contributed by atoms with Crippen LogP contribution in [0.25, 0.3) is 0 Å². The van der Waals surface area contributed by atoms with Crippen molar-refractivity contribution in [2.45, 2.75) is 37.3 Å². The number of nitrogens with one attached hydrogen (secondary N) is 1. The highest BCUT2D eigenvalue weighted by atomic mass is 16.5. The lowest BCUT2D eigenvalue weighted by Crippen LogP contribution is -2.54. The molecule has 1 rings (SSSR count). The smallest absolute Gasteiger partial charge is 0.0874 e. The van der Waals surface area contributed by atoms with E-state index in [1.807, 2.05) is 7.05 Å². The molecule has 1 unspecified atom stereocenters. The second-order valence-electron chi connectivity index (χ2n) is 3.97. The average molecular weight is 211 g/mol. The molecule has 1 aliphatic heterocycles. The van der Waals surface area contributed by atoms with Crippen molar-refractivity contribution in [3.05, 3.63) is 0 Å². The molecule has 1 N–H and O–H groups in total. The van der Waals surface area contributed by atoms with E-state index in [0.29, 0.717) is 6.04 Å². The summed E-state index contributed by atoms with van der Waals surface area (Å²) in [5, 5.41) is 3.32. The molecule has 0 aliphatic carbocycles. The van der Waals surface area contributed by atoms with Crippen LogP contribution >= 0.6 is 0 Å². The van der Waals surface area contributed by atoms with E-state index in [2.05, 4.69) is 11.2 Å². The summed E-state index contributed by atoms with van der Waals surface area (Å²) in [6.45, 7) is 1.56. The van der Waals surface area contributed by atoms with Crippen LogP contribution in [0.2, 0.25) is 0 Å². The van der Waals surface area contributed by atoms with Gasteiger partial charge in [0.05, 0.1) is 5.60 Å². The minimum atomic E-state index is -0.0934. The summed E-state index contributed by atoms with van der Waals surface area (Å²) < 4.78 is 11.1. The minimum Gasteiger partial charge on any atom is -0.381 e. The monoisotopic (exact) mass is 211 g/mol. The molecular weight excluding hydrogens is 190 g/mol. The molecule has 3 heteroatoms. The zero-order valence-electron chi connectivity index (χ0n) is 9.71. The Morgan fingerprint density at radius 1 is 1.53 bits per heavy atom. The van der Waals surface area contributed by atoms with Gasteiger partial charge < -0.3 is 14.8 Å². The van der Waals surface area contributed by atoms with Gasteiger partial charge in [0, 0.05) is 45.6 Å². The molecule has 1 heterocycles. The van der Waals surface area contributed by atoms with Gasteiger partial charge in [-0.1, -0.05) is 0 Å². The molecule has 0 spiro atoms. The molecule has 0 radical (unpaired) electrons. The summed E-state index contributed by atoms with van der Waals surface area (Å²) in [5.74, 6) is 2.69. The molecule has 0 bridgehead atoms. The quantitative estimate of drug-likeness (QED) is 0.693. The van der Waals surface area contributed by atoms with Gasteiger partial charge in [0.2, 0.25) is 0 Å². The van der Waals surface area contributed by atoms with Gasteiger partial charge in [-0.25, -0.2) is 0 Å². The highest BCUT2D eigenvalue weighted by molar-refractivity contribution is 4.97. The van der Waals surface area contributed by atoms with Crippen molar-refractivity contribution < 1.29 is 9.47 Å². The van der Waals surface area contributed by atoms with Crippen molar-refractivity contribution in [3.63, 3.8) is 0 Å². The van der Waals surface area contributed by atoms with Crippen molar-refractivity contribution in [3.8, 4) is 12.3 Å². The molecule has 0 saturated carbocycles. The molecular formula is C12H21NO2. The summed E-state index contributed by atoms with van der Waals surface area (Å²) in [5.41, 5.74) is -0.0934. The molecule has 0 aromatic carbocycles. The van der Waals surface area contributed by atoms with Crippen LogP contribution in [0.5, 0.6) is 0 Å². The zero-order valence-corrected chi connectivity index (χ0v) is 9.71. The van der Waals surface area contributed by atoms with Gasteiger partial charge in [-0.05, 0) is 13.5 Å². The molecule has 3 nitrogen and oxygen atoms in total. The van der Waals surface area contributed by atoms with E-state index >= 15 is 0 Å². The summed E-state index contributed by atoms with van der Waals surface area (Å²) in [4.78, 5) is 0. The maximum Gasteiger partial charge on any atom is 0.0874 e. The van der Waals surface area contributed by atoms with Gasteiger partial charge in [-0.15, -0.1) is 12.3 Å². The van der Waals surface area contributed by atoms with E-state index < -0.39 is 0 Å². The van der Waals surface area contributed by atoms with Crippen molar-refractivity contribution in [2.24, 2.45) is 0 Å². The number of methoxy groups -OCH3 is 1. The highest BCUT2D eigenvalue weighted by Crippen LogP contribution is 2.30. The Morgan fingerprint density at radius 3 is 2.67 bits per heavy atom. The number of rotatable bonds is 5. The summed E-state index contributed by atoms with van der Waals surface area (Å²) >= 11 is 0. The van der Waals surface area contributed by atoms with Gasteiger partial charge >= 0.3 is 0 Å². The lowest BCUT2D eigenvalue weighted by molar-refractivity contribution is -0.110. The molecule has 1 aliphatic rings. The highest BCUT2D eigenvalue weighted by Gasteiger charge is 2.39. The molecule has 1 saturated heterocycles. The normalized spacial score (nSPS) is 21.9. The molecule has 1 fully saturated rings. The largest absolute Gasteiger partial charge is 0.381 e. The summed E-state index contributed by atoms with van der Waals surface area (Å²) in [6, 6.07) is 0.322. The topological polar surface area (TPSA) is 30.5 Å². The lowest BCUT2D eigenvalue weighted by Gasteiger charge is -2.42. The fourth-order valence-electron chi connectivity index (χ4n) is 2.31. The average Bonchev–Trinajstić information content (AvgIpc) is 2.31. The Labute approximate surface area is 92.5 Å². The molecule has 0 aromatic heterocycles. The first kappa shape index (κ1) is 12.5. The van der Waals surface area contributed by atoms with Crippen molar-refractivity contribution >= 4 is 0 Å². The van der Waals surface area contributed by atoms with Gasteiger partial charge in [-0.2, -0.15) is 0 Å². The fraction of sp³-hybridized carbons (Fsp3) is 0.833. The van der Waals surface area contributed by atoms with E-state index in [4.69, 9.17) is 15.9 Å². The number of likely N-dealkylation sites (N-methyl/N-ethyl adjacent to an activating group) is 1. The molecule has 0 amide bonds. The SMILES string of the molecule is C#CCCC(NC)C1(OC)CCOCC1. The Bertz CT molecular complexity index is 216. The third kappa shape index (κ3) is 2.94. The Balaban J connectivity index is 2.63. The van der Waals surface area contributed by atoms with E-state index in [-0.39, 0.29) is 5.60 Å². The van der Waals surface area contributed by atoms with Gasteiger partial charge in [-0.3, -0.25) is 0 Å². The van der Waals surface area contributed by atoms with Crippen LogP contribution in [0.15, 0.2) is 0 Å². The number of hydrogen-bond donors (Lipinski definition) is 1. The minimum absolute atomic E-state index is 0.0934. The van der Waals surface area contributed by atoms with Crippen molar-refractivity contribution in [1.29, 1.82) is 0 Å². The van der Waals surface area contributed by atoms with E-state index in [1.54, 1.807) is 7.11 Å². The van der Waals surface area contributed by atoms with Crippen LogP contribution in [0.4, 0.5) is 0 Å². The molecule has 86 valence electrons. The fourth-order valence-corrected chi connectivity index (χ4v) is 2.31. The van der Waals surface area contributed by atoms with Crippen LogP contribution in [0.3, 0.4) is 0 Å². The van der Waals surface area contributed by atoms with Crippen LogP contribution in [0.1, 0.15) is 25.7 Å². The number of ether oxygens (including phenoxy) is 2. The molecule has 1 atom stereocenters. The standard InChI is InChI=1S/C12H21NO2/c1-4-5-6-11(13-2)12(14-3)7-9-15-10-8-12/h1,11,13H,5-10H2,2-3H3. The first-order valence-electron chi connectivity index (χ1n) is 5.52. The van der Waals surface area contributed by atoms with Crippen LogP contribution in [0, 0.1) is 12.3 Å². The first-order chi connectivity index (χ1) is 7.29. The predicted molar refractivity (Wildman–Crippen MR) is 60.7 cm³/mol. The Morgan fingerprint density at radius 2 is 2.20 bits per heavy atom.